The first-order valence-corrected chi connectivity index (χ1v) is 14.0. The van der Waals surface area contributed by atoms with E-state index in [2.05, 4.69) is 4.90 Å². The first-order valence-electron chi connectivity index (χ1n) is 14.0. The molecule has 2 aromatic rings. The van der Waals surface area contributed by atoms with Crippen molar-refractivity contribution >= 4 is 11.9 Å². The third-order valence-electron chi connectivity index (χ3n) is 8.30. The molecule has 1 amide bonds. The molecule has 37 heavy (non-hydrogen) atoms. The van der Waals surface area contributed by atoms with Crippen molar-refractivity contribution in [3.8, 4) is 5.75 Å². The lowest BCUT2D eigenvalue weighted by atomic mass is 9.87. The Morgan fingerprint density at radius 1 is 0.946 bits per heavy atom. The van der Waals surface area contributed by atoms with Gasteiger partial charge in [-0.2, -0.15) is 0 Å². The van der Waals surface area contributed by atoms with Crippen molar-refractivity contribution in [3.63, 3.8) is 0 Å². The second-order valence-electron chi connectivity index (χ2n) is 10.7. The van der Waals surface area contributed by atoms with E-state index in [1.807, 2.05) is 34.9 Å². The highest BCUT2D eigenvalue weighted by Crippen LogP contribution is 2.39. The van der Waals surface area contributed by atoms with Crippen molar-refractivity contribution in [1.82, 2.24) is 9.47 Å². The van der Waals surface area contributed by atoms with Crippen LogP contribution in [0.15, 0.2) is 41.3 Å². The second kappa shape index (κ2) is 11.5. The number of amides is 1. The van der Waals surface area contributed by atoms with Crippen LogP contribution in [0.4, 0.5) is 0 Å². The van der Waals surface area contributed by atoms with Gasteiger partial charge in [-0.25, -0.2) is 4.79 Å². The molecule has 2 fully saturated rings. The molecule has 7 nitrogen and oxygen atoms in total. The first kappa shape index (κ1) is 25.6. The predicted molar refractivity (Wildman–Crippen MR) is 141 cm³/mol. The minimum absolute atomic E-state index is 0.0401. The third-order valence-corrected chi connectivity index (χ3v) is 8.30. The Kier molecular flexibility index (Phi) is 7.96. The van der Waals surface area contributed by atoms with Crippen molar-refractivity contribution in [1.29, 1.82) is 0 Å². The minimum atomic E-state index is -0.677. The predicted octanol–water partition coefficient (Wildman–Crippen LogP) is 5.34. The summed E-state index contributed by atoms with van der Waals surface area (Å²) in [6.45, 7) is 2.58. The molecule has 4 heterocycles. The molecule has 7 heteroatoms. The third kappa shape index (κ3) is 5.32. The zero-order chi connectivity index (χ0) is 25.8. The van der Waals surface area contributed by atoms with Gasteiger partial charge in [-0.3, -0.25) is 9.59 Å². The summed E-state index contributed by atoms with van der Waals surface area (Å²) in [5, 5.41) is 0. The largest absolute Gasteiger partial charge is 0.483 e. The van der Waals surface area contributed by atoms with Gasteiger partial charge in [0.05, 0.1) is 12.6 Å². The van der Waals surface area contributed by atoms with Gasteiger partial charge in [-0.1, -0.05) is 68.9 Å². The average Bonchev–Trinajstić information content (AvgIpc) is 3.08. The van der Waals surface area contributed by atoms with E-state index in [0.717, 1.165) is 44.1 Å². The molecule has 2 bridgehead atoms. The van der Waals surface area contributed by atoms with Crippen LogP contribution in [0.5, 0.6) is 5.75 Å². The number of carbonyl (C=O) groups is 2. The number of nitrogens with zero attached hydrogens (tertiary/aromatic N) is 2. The maximum absolute atomic E-state index is 14.3. The van der Waals surface area contributed by atoms with Gasteiger partial charge in [-0.05, 0) is 44.1 Å². The van der Waals surface area contributed by atoms with Crippen molar-refractivity contribution < 1.29 is 19.1 Å². The fourth-order valence-electron chi connectivity index (χ4n) is 6.48. The number of pyridine rings is 1. The van der Waals surface area contributed by atoms with Gasteiger partial charge in [0.15, 0.2) is 11.4 Å². The van der Waals surface area contributed by atoms with Gasteiger partial charge in [0, 0.05) is 18.8 Å². The SMILES string of the molecule is CCOC(=O)c1cn2c(c(OCc3ccccc3)c1=O)C(=O)N1C3CCCCCCCC(CCC3)C1C2. The van der Waals surface area contributed by atoms with Crippen LogP contribution in [-0.4, -0.2) is 40.0 Å². The Morgan fingerprint density at radius 3 is 2.43 bits per heavy atom. The number of carbonyl (C=O) groups excluding carboxylic acids is 2. The first-order chi connectivity index (χ1) is 18.1. The summed E-state index contributed by atoms with van der Waals surface area (Å²) >= 11 is 0. The second-order valence-corrected chi connectivity index (χ2v) is 10.7. The van der Waals surface area contributed by atoms with Gasteiger partial charge in [0.1, 0.15) is 12.2 Å². The Balaban J connectivity index is 1.60. The van der Waals surface area contributed by atoms with Crippen LogP contribution in [0.3, 0.4) is 0 Å². The van der Waals surface area contributed by atoms with Gasteiger partial charge in [-0.15, -0.1) is 0 Å². The molecule has 2 saturated heterocycles. The van der Waals surface area contributed by atoms with Crippen LogP contribution < -0.4 is 10.2 Å². The van der Waals surface area contributed by atoms with E-state index in [9.17, 15) is 14.4 Å². The number of ether oxygens (including phenoxy) is 2. The molecule has 5 rings (SSSR count). The quantitative estimate of drug-likeness (QED) is 0.512. The van der Waals surface area contributed by atoms with E-state index in [1.165, 1.54) is 31.9 Å². The van der Waals surface area contributed by atoms with E-state index >= 15 is 0 Å². The molecule has 3 aliphatic heterocycles. The van der Waals surface area contributed by atoms with Crippen molar-refractivity contribution in [2.45, 2.75) is 96.4 Å². The molecule has 3 unspecified atom stereocenters. The van der Waals surface area contributed by atoms with Crippen LogP contribution in [0.2, 0.25) is 0 Å². The van der Waals surface area contributed by atoms with Gasteiger partial charge < -0.3 is 18.9 Å². The summed E-state index contributed by atoms with van der Waals surface area (Å²) in [6, 6.07) is 9.78. The maximum Gasteiger partial charge on any atom is 0.343 e. The van der Waals surface area contributed by atoms with Crippen molar-refractivity contribution in [2.75, 3.05) is 6.61 Å². The summed E-state index contributed by atoms with van der Waals surface area (Å²) < 4.78 is 13.1. The van der Waals surface area contributed by atoms with E-state index in [0.29, 0.717) is 12.5 Å². The average molecular weight is 507 g/mol. The molecule has 1 aromatic carbocycles. The van der Waals surface area contributed by atoms with Crippen LogP contribution in [0, 0.1) is 5.92 Å². The Bertz CT molecular complexity index is 1170. The number of benzene rings is 1. The van der Waals surface area contributed by atoms with E-state index in [-0.39, 0.29) is 48.2 Å². The van der Waals surface area contributed by atoms with Gasteiger partial charge in [0.25, 0.3) is 5.91 Å². The monoisotopic (exact) mass is 506 g/mol. The maximum atomic E-state index is 14.3. The smallest absolute Gasteiger partial charge is 0.343 e. The van der Waals surface area contributed by atoms with E-state index < -0.39 is 11.4 Å². The van der Waals surface area contributed by atoms with E-state index in [4.69, 9.17) is 9.47 Å². The fraction of sp³-hybridized carbons (Fsp3) is 0.567. The van der Waals surface area contributed by atoms with Crippen LogP contribution in [0.1, 0.15) is 97.5 Å². The fourth-order valence-corrected chi connectivity index (χ4v) is 6.48. The number of fused-ring (bicyclic) bond motifs is 1. The zero-order valence-electron chi connectivity index (χ0n) is 21.8. The number of rotatable bonds is 5. The highest BCUT2D eigenvalue weighted by molar-refractivity contribution is 5.98. The van der Waals surface area contributed by atoms with Crippen molar-refractivity contribution in [3.05, 3.63) is 63.6 Å². The van der Waals surface area contributed by atoms with Crippen LogP contribution >= 0.6 is 0 Å². The topological polar surface area (TPSA) is 77.8 Å². The summed E-state index contributed by atoms with van der Waals surface area (Å²) in [5.74, 6) is -0.438. The summed E-state index contributed by atoms with van der Waals surface area (Å²) in [7, 11) is 0. The lowest BCUT2D eigenvalue weighted by Crippen LogP contribution is -2.55. The van der Waals surface area contributed by atoms with Gasteiger partial charge >= 0.3 is 5.97 Å². The number of esters is 1. The molecule has 198 valence electrons. The molecule has 0 radical (unpaired) electrons. The molecule has 0 N–H and O–H groups in total. The lowest BCUT2D eigenvalue weighted by Gasteiger charge is -2.44. The number of hydrogen-bond acceptors (Lipinski definition) is 5. The Morgan fingerprint density at radius 2 is 1.65 bits per heavy atom. The molecule has 0 saturated carbocycles. The molecule has 3 aliphatic rings. The molecule has 0 spiro atoms. The molecule has 3 atom stereocenters. The summed E-state index contributed by atoms with van der Waals surface area (Å²) in [4.78, 5) is 42.7. The highest BCUT2D eigenvalue weighted by atomic mass is 16.5. The van der Waals surface area contributed by atoms with Gasteiger partial charge in [0.2, 0.25) is 5.43 Å². The van der Waals surface area contributed by atoms with Crippen molar-refractivity contribution in [2.24, 2.45) is 5.92 Å². The standard InChI is InChI=1S/C30H38N2O5/c1-2-36-30(35)24-18-31-19-25-22-14-9-4-3-5-10-16-23(17-11-15-22)32(25)29(34)26(31)28(27(24)33)37-20-21-12-7-6-8-13-21/h6-8,12-13,18,22-23,25H,2-5,9-11,14-17,19-20H2,1H3. The molecule has 1 aromatic heterocycles. The van der Waals surface area contributed by atoms with E-state index in [1.54, 1.807) is 6.92 Å². The summed E-state index contributed by atoms with van der Waals surface area (Å²) in [6.07, 6.45) is 12.9. The molecular formula is C30H38N2O5. The molecular weight excluding hydrogens is 468 g/mol. The summed E-state index contributed by atoms with van der Waals surface area (Å²) in [5.41, 5.74) is 0.503. The van der Waals surface area contributed by atoms with Crippen LogP contribution in [-0.2, 0) is 17.9 Å². The number of aromatic nitrogens is 1. The normalized spacial score (nSPS) is 23.9. The lowest BCUT2D eigenvalue weighted by molar-refractivity contribution is 0.0346. The Labute approximate surface area is 218 Å². The number of hydrogen-bond donors (Lipinski definition) is 0. The zero-order valence-corrected chi connectivity index (χ0v) is 21.8. The highest BCUT2D eigenvalue weighted by Gasteiger charge is 2.44. The molecule has 0 aliphatic carbocycles. The minimum Gasteiger partial charge on any atom is -0.483 e. The Hall–Kier alpha value is -3.09. The van der Waals surface area contributed by atoms with Crippen LogP contribution in [0.25, 0.3) is 0 Å².